The van der Waals surface area contributed by atoms with Gasteiger partial charge in [0.05, 0.1) is 23.6 Å². The largest absolute Gasteiger partial charge is 0.490 e. The van der Waals surface area contributed by atoms with Crippen molar-refractivity contribution >= 4 is 39.3 Å². The third-order valence-electron chi connectivity index (χ3n) is 6.04. The number of benzene rings is 1. The maximum Gasteiger partial charge on any atom is 0.490 e. The number of aromatic nitrogens is 6. The summed E-state index contributed by atoms with van der Waals surface area (Å²) in [5.74, 6) is -0.273. The predicted octanol–water partition coefficient (Wildman–Crippen LogP) is 5.44. The number of carboxylic acid groups (broad SMARTS) is 1. The number of nitrogens with zero attached hydrogens (tertiary/aromatic N) is 6. The van der Waals surface area contributed by atoms with E-state index in [1.807, 2.05) is 59.4 Å². The molecule has 0 aliphatic rings. The summed E-state index contributed by atoms with van der Waals surface area (Å²) in [5.41, 5.74) is 8.97. The average molecular weight is 589 g/mol. The first-order chi connectivity index (χ1) is 20.7. The molecule has 0 spiro atoms. The maximum absolute atomic E-state index is 10.6. The fourth-order valence-corrected chi connectivity index (χ4v) is 4.04. The number of carbonyl (C=O) groups is 1. The van der Waals surface area contributed by atoms with Gasteiger partial charge in [-0.1, -0.05) is 18.2 Å². The van der Waals surface area contributed by atoms with Gasteiger partial charge in [0.15, 0.2) is 0 Å². The molecule has 0 unspecified atom stereocenters. The lowest BCUT2D eigenvalue weighted by Gasteiger charge is -2.08. The number of rotatable bonds is 7. The molecule has 0 radical (unpaired) electrons. The number of alkyl halides is 3. The Balaban J connectivity index is 0.000000472. The second-order valence-corrected chi connectivity index (χ2v) is 9.12. The molecule has 43 heavy (non-hydrogen) atoms. The van der Waals surface area contributed by atoms with Gasteiger partial charge in [-0.2, -0.15) is 18.3 Å². The average Bonchev–Trinajstić information content (AvgIpc) is 3.41. The van der Waals surface area contributed by atoms with Crippen LogP contribution in [0.2, 0.25) is 0 Å². The number of hydrogen-bond donors (Lipinski definition) is 3. The van der Waals surface area contributed by atoms with E-state index in [1.54, 1.807) is 31.0 Å². The first-order valence-electron chi connectivity index (χ1n) is 12.7. The van der Waals surface area contributed by atoms with E-state index in [4.69, 9.17) is 25.5 Å². The topological polar surface area (TPSA) is 154 Å². The van der Waals surface area contributed by atoms with E-state index in [-0.39, 0.29) is 0 Å². The molecule has 5 heterocycles. The van der Waals surface area contributed by atoms with Crippen molar-refractivity contribution in [2.24, 2.45) is 0 Å². The van der Waals surface area contributed by atoms with Crippen molar-refractivity contribution in [3.63, 3.8) is 0 Å². The van der Waals surface area contributed by atoms with Crippen LogP contribution in [-0.2, 0) is 17.9 Å². The van der Waals surface area contributed by atoms with E-state index in [0.29, 0.717) is 30.5 Å². The monoisotopic (exact) mass is 588 g/mol. The van der Waals surface area contributed by atoms with Crippen LogP contribution in [0, 0.1) is 0 Å². The predicted molar refractivity (Wildman–Crippen MR) is 152 cm³/mol. The zero-order valence-corrected chi connectivity index (χ0v) is 22.2. The molecule has 0 saturated heterocycles. The van der Waals surface area contributed by atoms with Crippen molar-refractivity contribution in [3.8, 4) is 11.6 Å². The number of anilines is 2. The molecule has 0 atom stereocenters. The number of nitrogens with two attached hydrogens (primary N) is 1. The fourth-order valence-electron chi connectivity index (χ4n) is 4.04. The number of carboxylic acids is 1. The van der Waals surface area contributed by atoms with Crippen molar-refractivity contribution in [1.29, 1.82) is 0 Å². The molecular formula is C29H23F3N8O3. The summed E-state index contributed by atoms with van der Waals surface area (Å²) in [5, 5.41) is 18.3. The maximum atomic E-state index is 10.6. The minimum absolute atomic E-state index is 0.515. The summed E-state index contributed by atoms with van der Waals surface area (Å²) in [6.45, 7) is 1.20. The zero-order valence-electron chi connectivity index (χ0n) is 22.2. The smallest absolute Gasteiger partial charge is 0.475 e. The van der Waals surface area contributed by atoms with E-state index in [1.165, 1.54) is 0 Å². The van der Waals surface area contributed by atoms with Crippen molar-refractivity contribution in [2.45, 2.75) is 19.3 Å². The Morgan fingerprint density at radius 1 is 0.953 bits per heavy atom. The summed E-state index contributed by atoms with van der Waals surface area (Å²) in [6.07, 6.45) is 5.54. The summed E-state index contributed by atoms with van der Waals surface area (Å²) >= 11 is 0. The van der Waals surface area contributed by atoms with Gasteiger partial charge in [-0.05, 0) is 46.8 Å². The number of halogens is 3. The van der Waals surface area contributed by atoms with E-state index in [2.05, 4.69) is 31.3 Å². The number of fused-ring (bicyclic) bond motifs is 2. The van der Waals surface area contributed by atoms with Crippen molar-refractivity contribution < 1.29 is 27.8 Å². The summed E-state index contributed by atoms with van der Waals surface area (Å²) in [6, 6.07) is 17.5. The number of ether oxygens (including phenoxy) is 1. The molecule has 0 amide bonds. The first-order valence-corrected chi connectivity index (χ1v) is 12.7. The lowest BCUT2D eigenvalue weighted by atomic mass is 10.1. The normalized spacial score (nSPS) is 11.1. The molecule has 0 fully saturated rings. The molecule has 14 heteroatoms. The quantitative estimate of drug-likeness (QED) is 0.220. The summed E-state index contributed by atoms with van der Waals surface area (Å²) < 4.78 is 39.3. The Morgan fingerprint density at radius 3 is 2.47 bits per heavy atom. The van der Waals surface area contributed by atoms with Gasteiger partial charge in [0.2, 0.25) is 5.88 Å². The van der Waals surface area contributed by atoms with Crippen LogP contribution in [0.1, 0.15) is 11.1 Å². The van der Waals surface area contributed by atoms with Crippen LogP contribution in [0.15, 0.2) is 91.8 Å². The van der Waals surface area contributed by atoms with Gasteiger partial charge < -0.3 is 20.9 Å². The third kappa shape index (κ3) is 7.30. The number of nitrogen functional groups attached to an aromatic ring is 1. The van der Waals surface area contributed by atoms with Gasteiger partial charge in [-0.3, -0.25) is 9.67 Å². The van der Waals surface area contributed by atoms with Crippen molar-refractivity contribution in [1.82, 2.24) is 29.7 Å². The van der Waals surface area contributed by atoms with Crippen molar-refractivity contribution in [3.05, 3.63) is 103 Å². The van der Waals surface area contributed by atoms with Gasteiger partial charge >= 0.3 is 12.1 Å². The molecule has 4 N–H and O–H groups in total. The van der Waals surface area contributed by atoms with E-state index in [9.17, 15) is 13.2 Å². The molecule has 6 rings (SSSR count). The number of hydrogen-bond acceptors (Lipinski definition) is 9. The lowest BCUT2D eigenvalue weighted by Crippen LogP contribution is -2.21. The van der Waals surface area contributed by atoms with Crippen molar-refractivity contribution in [2.75, 3.05) is 11.1 Å². The molecule has 218 valence electrons. The highest BCUT2D eigenvalue weighted by Gasteiger charge is 2.38. The standard InChI is InChI=1S/C27H22N8O.C2HF3O2/c28-26-22-5-3-18(12-20(22)7-10-30-26)13-33-27-23-17-35(34-24(23)8-11-31-27)16-19-4-6-25(32-14-19)36-21-2-1-9-29-15-21;3-2(4,5)1(6)7/h1-12,14-15,17H,13,16H2,(H2,28,30)(H,31,33);(H,6,7). The molecule has 0 saturated carbocycles. The minimum Gasteiger partial charge on any atom is -0.475 e. The van der Waals surface area contributed by atoms with Crippen LogP contribution >= 0.6 is 0 Å². The fraction of sp³-hybridized carbons (Fsp3) is 0.103. The lowest BCUT2D eigenvalue weighted by molar-refractivity contribution is -0.192. The number of pyridine rings is 4. The Labute approximate surface area is 241 Å². The molecule has 11 nitrogen and oxygen atoms in total. The molecule has 0 aliphatic carbocycles. The Kier molecular flexibility index (Phi) is 8.27. The SMILES string of the molecule is Nc1nccc2cc(CNc3nccc4nn(Cc5ccc(Oc6cccnc6)nc5)cc34)ccc12.O=C(O)C(F)(F)F. The second-order valence-electron chi connectivity index (χ2n) is 9.12. The van der Waals surface area contributed by atoms with Crippen LogP contribution in [0.4, 0.5) is 24.8 Å². The highest BCUT2D eigenvalue weighted by atomic mass is 19.4. The number of nitrogens with one attached hydrogen (secondary N) is 1. The second kappa shape index (κ2) is 12.4. The van der Waals surface area contributed by atoms with Crippen LogP contribution in [-0.4, -0.2) is 47.0 Å². The highest BCUT2D eigenvalue weighted by Crippen LogP contribution is 2.24. The Bertz CT molecular complexity index is 1860. The third-order valence-corrected chi connectivity index (χ3v) is 6.04. The molecule has 0 bridgehead atoms. The van der Waals surface area contributed by atoms with E-state index in [0.717, 1.165) is 38.6 Å². The van der Waals surface area contributed by atoms with E-state index >= 15 is 0 Å². The Morgan fingerprint density at radius 2 is 1.74 bits per heavy atom. The number of aliphatic carboxylic acids is 1. The molecule has 1 aromatic carbocycles. The summed E-state index contributed by atoms with van der Waals surface area (Å²) in [4.78, 5) is 26.0. The molecule has 6 aromatic rings. The minimum atomic E-state index is -5.08. The molecular weight excluding hydrogens is 565 g/mol. The van der Waals surface area contributed by atoms with Gasteiger partial charge in [0.25, 0.3) is 0 Å². The Hall–Kier alpha value is -5.79. The van der Waals surface area contributed by atoms with Crippen LogP contribution in [0.25, 0.3) is 21.7 Å². The summed E-state index contributed by atoms with van der Waals surface area (Å²) in [7, 11) is 0. The highest BCUT2D eigenvalue weighted by molar-refractivity contribution is 5.91. The van der Waals surface area contributed by atoms with E-state index < -0.39 is 12.1 Å². The van der Waals surface area contributed by atoms with Gasteiger partial charge in [0, 0.05) is 49.0 Å². The first kappa shape index (κ1) is 28.7. The van der Waals surface area contributed by atoms with Crippen LogP contribution < -0.4 is 15.8 Å². The zero-order chi connectivity index (χ0) is 30.4. The molecule has 5 aromatic heterocycles. The van der Waals surface area contributed by atoms with Gasteiger partial charge in [-0.25, -0.2) is 19.7 Å². The molecule has 0 aliphatic heterocycles. The van der Waals surface area contributed by atoms with Crippen LogP contribution in [0.5, 0.6) is 11.6 Å². The van der Waals surface area contributed by atoms with Crippen LogP contribution in [0.3, 0.4) is 0 Å². The van der Waals surface area contributed by atoms with Gasteiger partial charge in [0.1, 0.15) is 17.4 Å². The van der Waals surface area contributed by atoms with Gasteiger partial charge in [-0.15, -0.1) is 0 Å².